The van der Waals surface area contributed by atoms with E-state index in [2.05, 4.69) is 0 Å². The van der Waals surface area contributed by atoms with Crippen molar-refractivity contribution in [2.75, 3.05) is 7.05 Å². The van der Waals surface area contributed by atoms with Crippen molar-refractivity contribution in [2.45, 2.75) is 64.2 Å². The number of ether oxygens (including phenoxy) is 1. The fraction of sp³-hybridized carbons (Fsp3) is 0.846. The number of hydrogen-bond acceptors (Lipinski definition) is 3. The van der Waals surface area contributed by atoms with Gasteiger partial charge in [0, 0.05) is 7.05 Å². The molecule has 1 N–H and O–H groups in total. The van der Waals surface area contributed by atoms with Crippen molar-refractivity contribution in [2.24, 2.45) is 0 Å². The van der Waals surface area contributed by atoms with Crippen molar-refractivity contribution in [1.29, 1.82) is 0 Å². The lowest BCUT2D eigenvalue weighted by molar-refractivity contribution is -0.156. The van der Waals surface area contributed by atoms with Crippen LogP contribution in [0.4, 0.5) is 0 Å². The molecule has 1 aliphatic rings. The molecule has 1 amide bonds. The highest BCUT2D eigenvalue weighted by molar-refractivity contribution is 5.85. The molecule has 5 nitrogen and oxygen atoms in total. The smallest absolute Gasteiger partial charge is 0.326 e. The topological polar surface area (TPSA) is 66.8 Å². The molecule has 0 aromatic rings. The van der Waals surface area contributed by atoms with Crippen molar-refractivity contribution in [3.8, 4) is 0 Å². The predicted octanol–water partition coefficient (Wildman–Crippen LogP) is 1.66. The second kappa shape index (κ2) is 6.73. The Bertz CT molecular complexity index is 299. The minimum Gasteiger partial charge on any atom is -0.480 e. The summed E-state index contributed by atoms with van der Waals surface area (Å²) in [6.45, 7) is 3.39. The normalized spacial score (nSPS) is 19.5. The predicted molar refractivity (Wildman–Crippen MR) is 67.3 cm³/mol. The molecule has 0 saturated heterocycles. The summed E-state index contributed by atoms with van der Waals surface area (Å²) < 4.78 is 5.79. The number of amides is 1. The first-order chi connectivity index (χ1) is 8.47. The zero-order valence-electron chi connectivity index (χ0n) is 11.4. The molecule has 1 fully saturated rings. The van der Waals surface area contributed by atoms with Gasteiger partial charge in [-0.2, -0.15) is 0 Å². The second-order valence-corrected chi connectivity index (χ2v) is 4.90. The van der Waals surface area contributed by atoms with Gasteiger partial charge >= 0.3 is 5.97 Å². The van der Waals surface area contributed by atoms with Gasteiger partial charge in [0.1, 0.15) is 12.1 Å². The zero-order chi connectivity index (χ0) is 13.7. The van der Waals surface area contributed by atoms with Crippen LogP contribution in [0.1, 0.15) is 46.0 Å². The number of hydrogen-bond donors (Lipinski definition) is 1. The highest BCUT2D eigenvalue weighted by atomic mass is 16.5. The number of carbonyl (C=O) groups excluding carboxylic acids is 1. The largest absolute Gasteiger partial charge is 0.480 e. The first-order valence-corrected chi connectivity index (χ1v) is 6.62. The van der Waals surface area contributed by atoms with Gasteiger partial charge in [-0.1, -0.05) is 19.8 Å². The van der Waals surface area contributed by atoms with E-state index in [9.17, 15) is 9.59 Å². The molecule has 0 aromatic heterocycles. The Morgan fingerprint density at radius 1 is 1.39 bits per heavy atom. The molecule has 2 atom stereocenters. The summed E-state index contributed by atoms with van der Waals surface area (Å²) in [5.41, 5.74) is 0. The third-order valence-corrected chi connectivity index (χ3v) is 3.59. The molecule has 0 spiro atoms. The van der Waals surface area contributed by atoms with Gasteiger partial charge in [0.25, 0.3) is 5.91 Å². The average molecular weight is 257 g/mol. The van der Waals surface area contributed by atoms with Crippen molar-refractivity contribution in [3.63, 3.8) is 0 Å². The highest BCUT2D eigenvalue weighted by Gasteiger charge is 2.30. The van der Waals surface area contributed by atoms with Crippen LogP contribution in [0.3, 0.4) is 0 Å². The molecule has 1 rings (SSSR count). The van der Waals surface area contributed by atoms with Gasteiger partial charge < -0.3 is 14.7 Å². The number of carboxylic acids is 1. The first kappa shape index (κ1) is 15.0. The van der Waals surface area contributed by atoms with E-state index in [4.69, 9.17) is 9.84 Å². The third-order valence-electron chi connectivity index (χ3n) is 3.59. The third kappa shape index (κ3) is 3.70. The van der Waals surface area contributed by atoms with E-state index in [0.717, 1.165) is 25.7 Å². The number of likely N-dealkylation sites (N-methyl/N-ethyl adjacent to an activating group) is 1. The molecule has 0 radical (unpaired) electrons. The number of aliphatic carboxylic acids is 1. The van der Waals surface area contributed by atoms with Crippen LogP contribution in [0.15, 0.2) is 0 Å². The fourth-order valence-corrected chi connectivity index (χ4v) is 2.17. The Morgan fingerprint density at radius 3 is 2.39 bits per heavy atom. The van der Waals surface area contributed by atoms with Gasteiger partial charge in [0.2, 0.25) is 0 Å². The zero-order valence-corrected chi connectivity index (χ0v) is 11.4. The molecule has 0 heterocycles. The molecule has 18 heavy (non-hydrogen) atoms. The van der Waals surface area contributed by atoms with E-state index in [-0.39, 0.29) is 12.0 Å². The van der Waals surface area contributed by atoms with E-state index >= 15 is 0 Å². The van der Waals surface area contributed by atoms with Crippen molar-refractivity contribution < 1.29 is 19.4 Å². The Labute approximate surface area is 108 Å². The summed E-state index contributed by atoms with van der Waals surface area (Å²) in [5.74, 6) is -1.24. The summed E-state index contributed by atoms with van der Waals surface area (Å²) in [5, 5.41) is 8.91. The van der Waals surface area contributed by atoms with E-state index in [1.54, 1.807) is 0 Å². The molecular weight excluding hydrogens is 234 g/mol. The van der Waals surface area contributed by atoms with E-state index < -0.39 is 18.1 Å². The van der Waals surface area contributed by atoms with Crippen LogP contribution in [0.2, 0.25) is 0 Å². The van der Waals surface area contributed by atoms with Crippen LogP contribution in [0.5, 0.6) is 0 Å². The number of carbonyl (C=O) groups is 2. The van der Waals surface area contributed by atoms with Crippen LogP contribution in [0.25, 0.3) is 0 Å². The van der Waals surface area contributed by atoms with E-state index in [0.29, 0.717) is 6.42 Å². The molecule has 104 valence electrons. The van der Waals surface area contributed by atoms with Crippen LogP contribution in [-0.2, 0) is 14.3 Å². The Kier molecular flexibility index (Phi) is 5.59. The minimum absolute atomic E-state index is 0.160. The maximum atomic E-state index is 12.1. The highest BCUT2D eigenvalue weighted by Crippen LogP contribution is 2.23. The number of carboxylic acid groups (broad SMARTS) is 1. The molecule has 5 heteroatoms. The maximum absolute atomic E-state index is 12.1. The number of rotatable bonds is 6. The number of nitrogens with zero attached hydrogens (tertiary/aromatic N) is 1. The summed E-state index contributed by atoms with van der Waals surface area (Å²) >= 11 is 0. The summed E-state index contributed by atoms with van der Waals surface area (Å²) in [6.07, 6.45) is 4.52. The SMILES string of the molecule is CCC(OC1CCCC1)C(=O)N(C)C(C)C(=O)O. The summed E-state index contributed by atoms with van der Waals surface area (Å²) in [7, 11) is 1.52. The van der Waals surface area contributed by atoms with Crippen LogP contribution < -0.4 is 0 Å². The summed E-state index contributed by atoms with van der Waals surface area (Å²) in [6, 6.07) is -0.821. The van der Waals surface area contributed by atoms with Crippen molar-refractivity contribution in [3.05, 3.63) is 0 Å². The lowest BCUT2D eigenvalue weighted by Crippen LogP contribution is -2.46. The first-order valence-electron chi connectivity index (χ1n) is 6.62. The average Bonchev–Trinajstić information content (AvgIpc) is 2.85. The molecule has 0 bridgehead atoms. The molecule has 1 saturated carbocycles. The van der Waals surface area contributed by atoms with E-state index in [1.807, 2.05) is 6.92 Å². The fourth-order valence-electron chi connectivity index (χ4n) is 2.17. The molecular formula is C13H23NO4. The molecule has 1 aliphatic carbocycles. The monoisotopic (exact) mass is 257 g/mol. The quantitative estimate of drug-likeness (QED) is 0.785. The summed E-state index contributed by atoms with van der Waals surface area (Å²) in [4.78, 5) is 24.3. The van der Waals surface area contributed by atoms with Crippen LogP contribution in [-0.4, -0.2) is 47.2 Å². The van der Waals surface area contributed by atoms with Crippen molar-refractivity contribution >= 4 is 11.9 Å². The van der Waals surface area contributed by atoms with Crippen LogP contribution >= 0.6 is 0 Å². The second-order valence-electron chi connectivity index (χ2n) is 4.90. The Morgan fingerprint density at radius 2 is 1.94 bits per heavy atom. The molecule has 2 unspecified atom stereocenters. The van der Waals surface area contributed by atoms with Gasteiger partial charge in [0.05, 0.1) is 6.10 Å². The van der Waals surface area contributed by atoms with Crippen LogP contribution in [0, 0.1) is 0 Å². The van der Waals surface area contributed by atoms with Gasteiger partial charge in [-0.15, -0.1) is 0 Å². The van der Waals surface area contributed by atoms with Gasteiger partial charge in [-0.25, -0.2) is 4.79 Å². The van der Waals surface area contributed by atoms with Gasteiger partial charge in [-0.05, 0) is 26.2 Å². The van der Waals surface area contributed by atoms with Gasteiger partial charge in [0.15, 0.2) is 0 Å². The Balaban J connectivity index is 2.57. The van der Waals surface area contributed by atoms with Gasteiger partial charge in [-0.3, -0.25) is 4.79 Å². The Hall–Kier alpha value is -1.10. The van der Waals surface area contributed by atoms with E-state index in [1.165, 1.54) is 18.9 Å². The minimum atomic E-state index is -0.999. The molecule has 0 aromatic carbocycles. The maximum Gasteiger partial charge on any atom is 0.326 e. The van der Waals surface area contributed by atoms with Crippen molar-refractivity contribution in [1.82, 2.24) is 4.90 Å². The lowest BCUT2D eigenvalue weighted by Gasteiger charge is -2.27. The lowest BCUT2D eigenvalue weighted by atomic mass is 10.2. The molecule has 0 aliphatic heterocycles. The standard InChI is InChI=1S/C13H23NO4/c1-4-11(18-10-7-5-6-8-10)12(15)14(3)9(2)13(16)17/h9-11H,4-8H2,1-3H3,(H,16,17).